The molecule has 1 amide bonds. The predicted molar refractivity (Wildman–Crippen MR) is 119 cm³/mol. The second kappa shape index (κ2) is 8.33. The van der Waals surface area contributed by atoms with Gasteiger partial charge >= 0.3 is 0 Å². The molecule has 2 heterocycles. The summed E-state index contributed by atoms with van der Waals surface area (Å²) in [6, 6.07) is 12.8. The Morgan fingerprint density at radius 1 is 1.00 bits per heavy atom. The number of benzene rings is 2. The highest BCUT2D eigenvalue weighted by molar-refractivity contribution is 5.99. The highest BCUT2D eigenvalue weighted by atomic mass is 19.1. The van der Waals surface area contributed by atoms with Crippen molar-refractivity contribution in [2.24, 2.45) is 0 Å². The van der Waals surface area contributed by atoms with E-state index < -0.39 is 0 Å². The number of hydrogen-bond acceptors (Lipinski definition) is 4. The maximum Gasteiger partial charge on any atom is 0.224 e. The van der Waals surface area contributed by atoms with Gasteiger partial charge in [0.05, 0.1) is 6.54 Å². The third-order valence-corrected chi connectivity index (χ3v) is 6.62. The molecule has 5 rings (SSSR count). The van der Waals surface area contributed by atoms with Gasteiger partial charge < -0.3 is 14.7 Å². The summed E-state index contributed by atoms with van der Waals surface area (Å²) >= 11 is 0. The number of Topliss-reactive ketones (excluding diaryl/α,β-unsaturated/α-hetero) is 1. The molecule has 0 radical (unpaired) electrons. The zero-order chi connectivity index (χ0) is 21.4. The molecule has 2 aromatic rings. The molecule has 0 spiro atoms. The van der Waals surface area contributed by atoms with Crippen LogP contribution < -0.4 is 9.80 Å². The second-order valence-corrected chi connectivity index (χ2v) is 8.86. The Bertz CT molecular complexity index is 981. The monoisotopic (exact) mass is 421 g/mol. The molecule has 1 aliphatic carbocycles. The first-order valence-corrected chi connectivity index (χ1v) is 11.3. The predicted octanol–water partition coefficient (Wildman–Crippen LogP) is 4.01. The molecule has 2 aliphatic heterocycles. The first-order chi connectivity index (χ1) is 15.1. The Morgan fingerprint density at radius 2 is 1.74 bits per heavy atom. The number of amides is 1. The molecular formula is C25H28FN3O2. The van der Waals surface area contributed by atoms with Gasteiger partial charge in [-0.3, -0.25) is 9.59 Å². The Hall–Kier alpha value is -2.89. The fraction of sp³-hybridized carbons (Fsp3) is 0.440. The van der Waals surface area contributed by atoms with Crippen LogP contribution in [0.2, 0.25) is 0 Å². The molecule has 1 saturated heterocycles. The second-order valence-electron chi connectivity index (χ2n) is 8.86. The molecule has 6 heteroatoms. The lowest BCUT2D eigenvalue weighted by molar-refractivity contribution is -0.132. The molecule has 31 heavy (non-hydrogen) atoms. The summed E-state index contributed by atoms with van der Waals surface area (Å²) in [6.45, 7) is 3.18. The number of rotatable bonds is 5. The van der Waals surface area contributed by atoms with Gasteiger partial charge in [-0.05, 0) is 73.7 Å². The lowest BCUT2D eigenvalue weighted by atomic mass is 10.1. The molecule has 5 nitrogen and oxygen atoms in total. The number of fused-ring (bicyclic) bond motifs is 1. The molecule has 0 N–H and O–H groups in total. The molecule has 0 atom stereocenters. The largest absolute Gasteiger partial charge is 0.372 e. The van der Waals surface area contributed by atoms with Crippen molar-refractivity contribution < 1.29 is 14.0 Å². The minimum atomic E-state index is -0.314. The number of ketones is 1. The third kappa shape index (κ3) is 4.29. The molecule has 2 fully saturated rings. The van der Waals surface area contributed by atoms with E-state index in [2.05, 4.69) is 4.90 Å². The molecule has 1 saturated carbocycles. The molecule has 0 aromatic heterocycles. The van der Waals surface area contributed by atoms with Crippen molar-refractivity contribution in [1.29, 1.82) is 0 Å². The van der Waals surface area contributed by atoms with Crippen LogP contribution in [0, 0.1) is 5.82 Å². The Kier molecular flexibility index (Phi) is 5.38. The van der Waals surface area contributed by atoms with Crippen LogP contribution >= 0.6 is 0 Å². The van der Waals surface area contributed by atoms with Crippen molar-refractivity contribution in [2.45, 2.75) is 44.7 Å². The fourth-order valence-corrected chi connectivity index (χ4v) is 4.74. The summed E-state index contributed by atoms with van der Waals surface area (Å²) in [5.74, 6) is -0.216. The summed E-state index contributed by atoms with van der Waals surface area (Å²) in [5.41, 5.74) is 3.45. The van der Waals surface area contributed by atoms with Crippen LogP contribution in [0.5, 0.6) is 0 Å². The lowest BCUT2D eigenvalue weighted by Gasteiger charge is -2.33. The van der Waals surface area contributed by atoms with E-state index in [9.17, 15) is 14.0 Å². The van der Waals surface area contributed by atoms with Gasteiger partial charge in [-0.25, -0.2) is 4.39 Å². The van der Waals surface area contributed by atoms with E-state index >= 15 is 0 Å². The van der Waals surface area contributed by atoms with Gasteiger partial charge in [0.2, 0.25) is 5.91 Å². The van der Waals surface area contributed by atoms with Gasteiger partial charge in [0.25, 0.3) is 0 Å². The fourth-order valence-electron chi connectivity index (χ4n) is 4.74. The van der Waals surface area contributed by atoms with Crippen molar-refractivity contribution >= 4 is 23.1 Å². The number of carbonyl (C=O) groups is 2. The Labute approximate surface area is 182 Å². The molecule has 2 aromatic carbocycles. The summed E-state index contributed by atoms with van der Waals surface area (Å²) in [5, 5.41) is 0. The summed E-state index contributed by atoms with van der Waals surface area (Å²) in [4.78, 5) is 31.9. The molecular weight excluding hydrogens is 393 g/mol. The maximum absolute atomic E-state index is 14.0. The number of nitrogens with zero attached hydrogens (tertiary/aromatic N) is 3. The molecule has 162 valence electrons. The van der Waals surface area contributed by atoms with Crippen LogP contribution in [0.15, 0.2) is 42.5 Å². The van der Waals surface area contributed by atoms with Gasteiger partial charge in [-0.1, -0.05) is 0 Å². The number of halogens is 1. The van der Waals surface area contributed by atoms with Crippen LogP contribution in [0.3, 0.4) is 0 Å². The SMILES string of the molecule is O=C(CN1CCC(=O)N(C2CC2)Cc2cc(F)ccc21)c1ccc(N2CCCC2)cc1. The van der Waals surface area contributed by atoms with E-state index in [4.69, 9.17) is 0 Å². The minimum Gasteiger partial charge on any atom is -0.372 e. The van der Waals surface area contributed by atoms with Crippen molar-refractivity contribution in [3.8, 4) is 0 Å². The van der Waals surface area contributed by atoms with Gasteiger partial charge in [-0.2, -0.15) is 0 Å². The Morgan fingerprint density at radius 3 is 2.45 bits per heavy atom. The minimum absolute atomic E-state index is 0.00955. The van der Waals surface area contributed by atoms with Crippen LogP contribution in [-0.4, -0.2) is 48.8 Å². The first kappa shape index (κ1) is 20.0. The van der Waals surface area contributed by atoms with Crippen LogP contribution in [0.25, 0.3) is 0 Å². The van der Waals surface area contributed by atoms with Crippen LogP contribution in [0.4, 0.5) is 15.8 Å². The average molecular weight is 422 g/mol. The van der Waals surface area contributed by atoms with Crippen molar-refractivity contribution in [2.75, 3.05) is 36.0 Å². The van der Waals surface area contributed by atoms with E-state index in [-0.39, 0.29) is 30.1 Å². The van der Waals surface area contributed by atoms with E-state index in [1.165, 1.54) is 25.0 Å². The summed E-state index contributed by atoms with van der Waals surface area (Å²) < 4.78 is 14.0. The van der Waals surface area contributed by atoms with E-state index in [0.717, 1.165) is 42.9 Å². The van der Waals surface area contributed by atoms with Gasteiger partial charge in [0, 0.05) is 55.6 Å². The summed E-state index contributed by atoms with van der Waals surface area (Å²) in [7, 11) is 0. The summed E-state index contributed by atoms with van der Waals surface area (Å²) in [6.07, 6.45) is 4.84. The number of hydrogen-bond donors (Lipinski definition) is 0. The van der Waals surface area contributed by atoms with Crippen molar-refractivity contribution in [3.63, 3.8) is 0 Å². The first-order valence-electron chi connectivity index (χ1n) is 11.3. The highest BCUT2D eigenvalue weighted by Crippen LogP contribution is 2.33. The van der Waals surface area contributed by atoms with Crippen LogP contribution in [-0.2, 0) is 11.3 Å². The maximum atomic E-state index is 14.0. The van der Waals surface area contributed by atoms with Crippen molar-refractivity contribution in [1.82, 2.24) is 4.90 Å². The topological polar surface area (TPSA) is 43.9 Å². The molecule has 3 aliphatic rings. The number of anilines is 2. The van der Waals surface area contributed by atoms with Crippen molar-refractivity contribution in [3.05, 3.63) is 59.4 Å². The lowest BCUT2D eigenvalue weighted by Crippen LogP contribution is -2.40. The normalized spacial score (nSPS) is 19.3. The van der Waals surface area contributed by atoms with Gasteiger partial charge in [0.15, 0.2) is 5.78 Å². The standard InChI is InChI=1S/C25H28FN3O2/c26-20-5-10-23-19(15-20)16-29(22-8-9-22)25(31)11-14-28(23)17-24(30)18-3-6-21(7-4-18)27-12-1-2-13-27/h3-7,10,15,22H,1-2,8-9,11-14,16-17H2. The smallest absolute Gasteiger partial charge is 0.224 e. The van der Waals surface area contributed by atoms with Gasteiger partial charge in [0.1, 0.15) is 5.82 Å². The zero-order valence-electron chi connectivity index (χ0n) is 17.7. The van der Waals surface area contributed by atoms with E-state index in [1.54, 1.807) is 6.07 Å². The quantitative estimate of drug-likeness (QED) is 0.685. The van der Waals surface area contributed by atoms with Crippen LogP contribution in [0.1, 0.15) is 48.0 Å². The zero-order valence-corrected chi connectivity index (χ0v) is 17.7. The Balaban J connectivity index is 1.35. The van der Waals surface area contributed by atoms with Gasteiger partial charge in [-0.15, -0.1) is 0 Å². The average Bonchev–Trinajstić information content (AvgIpc) is 3.46. The number of carbonyl (C=O) groups excluding carboxylic acids is 2. The third-order valence-electron chi connectivity index (χ3n) is 6.62. The molecule has 0 unspecified atom stereocenters. The highest BCUT2D eigenvalue weighted by Gasteiger charge is 2.34. The molecule has 0 bridgehead atoms. The van der Waals surface area contributed by atoms with E-state index in [1.807, 2.05) is 34.1 Å². The van der Waals surface area contributed by atoms with E-state index in [0.29, 0.717) is 25.1 Å².